The van der Waals surface area contributed by atoms with Crippen LogP contribution in [0.1, 0.15) is 24.5 Å². The molecule has 0 aliphatic heterocycles. The summed E-state index contributed by atoms with van der Waals surface area (Å²) < 4.78 is 5.09. The van der Waals surface area contributed by atoms with Gasteiger partial charge < -0.3 is 9.73 Å². The van der Waals surface area contributed by atoms with E-state index in [1.807, 2.05) is 18.3 Å². The summed E-state index contributed by atoms with van der Waals surface area (Å²) in [7, 11) is 2.10. The van der Waals surface area contributed by atoms with E-state index >= 15 is 0 Å². The highest BCUT2D eigenvalue weighted by Gasteiger charge is 2.07. The Hall–Kier alpha value is -1.81. The zero-order chi connectivity index (χ0) is 13.5. The lowest BCUT2D eigenvalue weighted by Crippen LogP contribution is -2.18. The van der Waals surface area contributed by atoms with Gasteiger partial charge in [0.1, 0.15) is 5.82 Å². The molecular formula is C15H21N3O. The summed E-state index contributed by atoms with van der Waals surface area (Å²) in [5.74, 6) is 0.989. The first-order valence-electron chi connectivity index (χ1n) is 6.67. The number of rotatable bonds is 7. The molecule has 2 rings (SSSR count). The summed E-state index contributed by atoms with van der Waals surface area (Å²) in [6.45, 7) is 4.85. The molecule has 4 heteroatoms. The van der Waals surface area contributed by atoms with E-state index in [-0.39, 0.29) is 0 Å². The molecule has 0 atom stereocenters. The van der Waals surface area contributed by atoms with E-state index in [2.05, 4.69) is 35.2 Å². The van der Waals surface area contributed by atoms with Crippen LogP contribution in [-0.4, -0.2) is 23.5 Å². The molecule has 1 N–H and O–H groups in total. The SMILES string of the molecule is CCCNc1ncccc1CN(C)Cc1ccoc1. The third kappa shape index (κ3) is 4.10. The molecule has 4 nitrogen and oxygen atoms in total. The van der Waals surface area contributed by atoms with E-state index in [4.69, 9.17) is 4.42 Å². The fraction of sp³-hybridized carbons (Fsp3) is 0.400. The summed E-state index contributed by atoms with van der Waals surface area (Å²) in [6.07, 6.45) is 6.43. The molecule has 2 aromatic heterocycles. The van der Waals surface area contributed by atoms with Crippen LogP contribution in [0.2, 0.25) is 0 Å². The van der Waals surface area contributed by atoms with Crippen LogP contribution in [0.5, 0.6) is 0 Å². The normalized spacial score (nSPS) is 10.9. The summed E-state index contributed by atoms with van der Waals surface area (Å²) in [4.78, 5) is 6.66. The zero-order valence-corrected chi connectivity index (χ0v) is 11.6. The molecule has 2 aromatic rings. The Balaban J connectivity index is 1.97. The highest BCUT2D eigenvalue weighted by molar-refractivity contribution is 5.43. The van der Waals surface area contributed by atoms with Gasteiger partial charge >= 0.3 is 0 Å². The highest BCUT2D eigenvalue weighted by atomic mass is 16.3. The average molecular weight is 259 g/mol. The van der Waals surface area contributed by atoms with Gasteiger partial charge in [-0.05, 0) is 25.6 Å². The van der Waals surface area contributed by atoms with Gasteiger partial charge in [-0.2, -0.15) is 0 Å². The molecule has 0 aliphatic rings. The van der Waals surface area contributed by atoms with Crippen LogP contribution < -0.4 is 5.32 Å². The number of nitrogens with zero attached hydrogens (tertiary/aromatic N) is 2. The minimum atomic E-state index is 0.866. The Morgan fingerprint density at radius 3 is 2.95 bits per heavy atom. The molecule has 0 unspecified atom stereocenters. The number of furan rings is 1. The summed E-state index contributed by atoms with van der Waals surface area (Å²) in [6, 6.07) is 6.10. The van der Waals surface area contributed by atoms with Crippen LogP contribution in [0.25, 0.3) is 0 Å². The molecule has 0 radical (unpaired) electrons. The van der Waals surface area contributed by atoms with Crippen molar-refractivity contribution in [1.29, 1.82) is 0 Å². The molecule has 0 saturated heterocycles. The van der Waals surface area contributed by atoms with Crippen molar-refractivity contribution in [3.05, 3.63) is 48.0 Å². The van der Waals surface area contributed by atoms with E-state index < -0.39 is 0 Å². The van der Waals surface area contributed by atoms with E-state index in [0.29, 0.717) is 0 Å². The van der Waals surface area contributed by atoms with Crippen LogP contribution in [-0.2, 0) is 13.1 Å². The predicted octanol–water partition coefficient (Wildman–Crippen LogP) is 3.13. The van der Waals surface area contributed by atoms with Crippen LogP contribution in [0.4, 0.5) is 5.82 Å². The van der Waals surface area contributed by atoms with Crippen LogP contribution in [0, 0.1) is 0 Å². The van der Waals surface area contributed by atoms with Gasteiger partial charge in [-0.3, -0.25) is 4.90 Å². The number of anilines is 1. The van der Waals surface area contributed by atoms with Gasteiger partial charge in [-0.15, -0.1) is 0 Å². The Kier molecular flexibility index (Phi) is 4.98. The minimum absolute atomic E-state index is 0.866. The van der Waals surface area contributed by atoms with Crippen molar-refractivity contribution < 1.29 is 4.42 Å². The minimum Gasteiger partial charge on any atom is -0.472 e. The molecule has 0 fully saturated rings. The fourth-order valence-corrected chi connectivity index (χ4v) is 2.01. The van der Waals surface area contributed by atoms with Crippen LogP contribution in [0.15, 0.2) is 41.3 Å². The average Bonchev–Trinajstić information content (AvgIpc) is 2.90. The second-order valence-corrected chi connectivity index (χ2v) is 4.74. The van der Waals surface area contributed by atoms with Gasteiger partial charge in [0.05, 0.1) is 12.5 Å². The number of nitrogens with one attached hydrogen (secondary N) is 1. The first-order chi connectivity index (χ1) is 9.29. The van der Waals surface area contributed by atoms with E-state index in [1.54, 1.807) is 12.5 Å². The van der Waals surface area contributed by atoms with Gasteiger partial charge in [0.15, 0.2) is 0 Å². The summed E-state index contributed by atoms with van der Waals surface area (Å²) >= 11 is 0. The maximum absolute atomic E-state index is 5.09. The molecule has 102 valence electrons. The van der Waals surface area contributed by atoms with Crippen molar-refractivity contribution in [1.82, 2.24) is 9.88 Å². The van der Waals surface area contributed by atoms with Crippen molar-refractivity contribution in [3.63, 3.8) is 0 Å². The summed E-state index contributed by atoms with van der Waals surface area (Å²) in [5.41, 5.74) is 2.41. The van der Waals surface area contributed by atoms with Crippen molar-refractivity contribution in [2.75, 3.05) is 18.9 Å². The first kappa shape index (κ1) is 13.6. The van der Waals surface area contributed by atoms with Gasteiger partial charge in [-0.1, -0.05) is 13.0 Å². The maximum Gasteiger partial charge on any atom is 0.130 e. The Bertz CT molecular complexity index is 482. The van der Waals surface area contributed by atoms with Gasteiger partial charge in [-0.25, -0.2) is 4.98 Å². The largest absolute Gasteiger partial charge is 0.472 e. The lowest BCUT2D eigenvalue weighted by Gasteiger charge is -2.18. The quantitative estimate of drug-likeness (QED) is 0.829. The molecule has 0 bridgehead atoms. The van der Waals surface area contributed by atoms with Crippen molar-refractivity contribution in [2.45, 2.75) is 26.4 Å². The van der Waals surface area contributed by atoms with Crippen molar-refractivity contribution in [3.8, 4) is 0 Å². The topological polar surface area (TPSA) is 41.3 Å². The molecule has 0 aliphatic carbocycles. The number of hydrogen-bond acceptors (Lipinski definition) is 4. The van der Waals surface area contributed by atoms with Crippen molar-refractivity contribution in [2.24, 2.45) is 0 Å². The third-order valence-corrected chi connectivity index (χ3v) is 2.91. The van der Waals surface area contributed by atoms with Gasteiger partial charge in [0, 0.05) is 37.0 Å². The standard InChI is InChI=1S/C15H21N3O/c1-3-7-16-15-14(5-4-8-17-15)11-18(2)10-13-6-9-19-12-13/h4-6,8-9,12H,3,7,10-11H2,1-2H3,(H,16,17). The Morgan fingerprint density at radius 2 is 2.21 bits per heavy atom. The Labute approximate surface area is 114 Å². The third-order valence-electron chi connectivity index (χ3n) is 2.91. The first-order valence-corrected chi connectivity index (χ1v) is 6.67. The van der Waals surface area contributed by atoms with E-state index in [0.717, 1.165) is 31.9 Å². The van der Waals surface area contributed by atoms with Gasteiger partial charge in [0.25, 0.3) is 0 Å². The number of hydrogen-bond donors (Lipinski definition) is 1. The lowest BCUT2D eigenvalue weighted by molar-refractivity contribution is 0.318. The van der Waals surface area contributed by atoms with E-state index in [9.17, 15) is 0 Å². The number of aromatic nitrogens is 1. The second-order valence-electron chi connectivity index (χ2n) is 4.74. The van der Waals surface area contributed by atoms with E-state index in [1.165, 1.54) is 11.1 Å². The summed E-state index contributed by atoms with van der Waals surface area (Å²) in [5, 5.41) is 3.37. The van der Waals surface area contributed by atoms with Crippen LogP contribution in [0.3, 0.4) is 0 Å². The fourth-order valence-electron chi connectivity index (χ4n) is 2.01. The molecule has 0 spiro atoms. The van der Waals surface area contributed by atoms with Gasteiger partial charge in [0.2, 0.25) is 0 Å². The number of pyridine rings is 1. The molecular weight excluding hydrogens is 238 g/mol. The molecule has 0 saturated carbocycles. The smallest absolute Gasteiger partial charge is 0.130 e. The molecule has 2 heterocycles. The monoisotopic (exact) mass is 259 g/mol. The van der Waals surface area contributed by atoms with Crippen LogP contribution >= 0.6 is 0 Å². The molecule has 19 heavy (non-hydrogen) atoms. The zero-order valence-electron chi connectivity index (χ0n) is 11.6. The maximum atomic E-state index is 5.09. The highest BCUT2D eigenvalue weighted by Crippen LogP contribution is 2.15. The molecule has 0 aromatic carbocycles. The predicted molar refractivity (Wildman–Crippen MR) is 76.9 cm³/mol. The second kappa shape index (κ2) is 6.95. The molecule has 0 amide bonds. The lowest BCUT2D eigenvalue weighted by atomic mass is 10.2. The van der Waals surface area contributed by atoms with Crippen molar-refractivity contribution >= 4 is 5.82 Å². The Morgan fingerprint density at radius 1 is 1.32 bits per heavy atom.